The van der Waals surface area contributed by atoms with E-state index in [1.807, 2.05) is 13.8 Å². The van der Waals surface area contributed by atoms with E-state index < -0.39 is 11.4 Å². The average Bonchev–Trinajstić information content (AvgIpc) is 2.48. The van der Waals surface area contributed by atoms with Crippen molar-refractivity contribution in [2.24, 2.45) is 5.41 Å². The number of rotatable bonds is 8. The number of ether oxygens (including phenoxy) is 1. The Hall–Kier alpha value is -1.75. The number of hydrogen-bond acceptors (Lipinski definition) is 3. The van der Waals surface area contributed by atoms with E-state index in [1.54, 1.807) is 18.2 Å². The van der Waals surface area contributed by atoms with Crippen LogP contribution in [0.3, 0.4) is 0 Å². The van der Waals surface area contributed by atoms with Gasteiger partial charge in [-0.05, 0) is 31.0 Å². The summed E-state index contributed by atoms with van der Waals surface area (Å²) in [6, 6.07) is 5.06. The lowest BCUT2D eigenvalue weighted by Crippen LogP contribution is -2.42. The minimum atomic E-state index is -0.923. The van der Waals surface area contributed by atoms with Crippen LogP contribution in [0.2, 0.25) is 5.02 Å². The van der Waals surface area contributed by atoms with E-state index >= 15 is 0 Å². The first-order valence-corrected chi connectivity index (χ1v) is 7.58. The first-order chi connectivity index (χ1) is 10.4. The SMILES string of the molecule is CCC(CC)(CNC(=O)Cc1cc(Cl)ccc1OC)C(=O)O. The second-order valence-corrected chi connectivity index (χ2v) is 5.64. The maximum Gasteiger partial charge on any atom is 0.311 e. The first kappa shape index (κ1) is 18.3. The second-order valence-electron chi connectivity index (χ2n) is 5.20. The van der Waals surface area contributed by atoms with Crippen LogP contribution in [0, 0.1) is 5.41 Å². The molecule has 1 amide bonds. The number of nitrogens with one attached hydrogen (secondary N) is 1. The zero-order chi connectivity index (χ0) is 16.8. The van der Waals surface area contributed by atoms with Crippen LogP contribution in [-0.4, -0.2) is 30.6 Å². The van der Waals surface area contributed by atoms with E-state index in [4.69, 9.17) is 16.3 Å². The van der Waals surface area contributed by atoms with E-state index in [2.05, 4.69) is 5.32 Å². The summed E-state index contributed by atoms with van der Waals surface area (Å²) in [5.41, 5.74) is -0.255. The normalized spacial score (nSPS) is 11.1. The van der Waals surface area contributed by atoms with Crippen LogP contribution in [0.4, 0.5) is 0 Å². The summed E-state index contributed by atoms with van der Waals surface area (Å²) >= 11 is 5.93. The van der Waals surface area contributed by atoms with Crippen molar-refractivity contribution in [3.05, 3.63) is 28.8 Å². The van der Waals surface area contributed by atoms with Crippen molar-refractivity contribution in [1.29, 1.82) is 0 Å². The molecule has 22 heavy (non-hydrogen) atoms. The van der Waals surface area contributed by atoms with Crippen molar-refractivity contribution in [3.8, 4) is 5.75 Å². The van der Waals surface area contributed by atoms with Crippen LogP contribution in [0.1, 0.15) is 32.3 Å². The number of hydrogen-bond donors (Lipinski definition) is 2. The number of carbonyl (C=O) groups is 2. The van der Waals surface area contributed by atoms with Crippen LogP contribution in [0.5, 0.6) is 5.75 Å². The molecule has 122 valence electrons. The van der Waals surface area contributed by atoms with Gasteiger partial charge >= 0.3 is 5.97 Å². The summed E-state index contributed by atoms with van der Waals surface area (Å²) in [6.07, 6.45) is 1.01. The van der Waals surface area contributed by atoms with Crippen LogP contribution >= 0.6 is 11.6 Å². The molecular weight excluding hydrogens is 306 g/mol. The standard InChI is InChI=1S/C16H22ClNO4/c1-4-16(5-2,15(20)21)10-18-14(19)9-11-8-12(17)6-7-13(11)22-3/h6-8H,4-5,9-10H2,1-3H3,(H,18,19)(H,20,21). The third kappa shape index (κ3) is 4.37. The Balaban J connectivity index is 2.75. The number of carboxylic acid groups (broad SMARTS) is 1. The topological polar surface area (TPSA) is 75.6 Å². The van der Waals surface area contributed by atoms with Crippen molar-refractivity contribution in [2.45, 2.75) is 33.1 Å². The van der Waals surface area contributed by atoms with Gasteiger partial charge in [0.15, 0.2) is 0 Å². The van der Waals surface area contributed by atoms with Crippen molar-refractivity contribution in [2.75, 3.05) is 13.7 Å². The van der Waals surface area contributed by atoms with E-state index in [0.29, 0.717) is 29.2 Å². The summed E-state index contributed by atoms with van der Waals surface area (Å²) in [7, 11) is 1.52. The third-order valence-corrected chi connectivity index (χ3v) is 4.26. The van der Waals surface area contributed by atoms with Crippen molar-refractivity contribution in [1.82, 2.24) is 5.32 Å². The molecule has 2 N–H and O–H groups in total. The summed E-state index contributed by atoms with van der Waals surface area (Å²) in [4.78, 5) is 23.5. The van der Waals surface area contributed by atoms with Gasteiger partial charge in [-0.25, -0.2) is 0 Å². The van der Waals surface area contributed by atoms with Gasteiger partial charge in [0, 0.05) is 17.1 Å². The summed E-state index contributed by atoms with van der Waals surface area (Å²) in [5.74, 6) is -0.568. The van der Waals surface area contributed by atoms with Gasteiger partial charge in [0.2, 0.25) is 5.91 Å². The highest BCUT2D eigenvalue weighted by Crippen LogP contribution is 2.26. The van der Waals surface area contributed by atoms with Crippen molar-refractivity contribution < 1.29 is 19.4 Å². The van der Waals surface area contributed by atoms with E-state index in [1.165, 1.54) is 7.11 Å². The smallest absolute Gasteiger partial charge is 0.311 e. The number of halogens is 1. The number of amides is 1. The Morgan fingerprint density at radius 1 is 1.32 bits per heavy atom. The van der Waals surface area contributed by atoms with E-state index in [0.717, 1.165) is 0 Å². The molecule has 0 spiro atoms. The fourth-order valence-electron chi connectivity index (χ4n) is 2.27. The predicted octanol–water partition coefficient (Wildman–Crippen LogP) is 2.90. The highest BCUT2D eigenvalue weighted by molar-refractivity contribution is 6.30. The molecule has 1 aromatic carbocycles. The second kappa shape index (κ2) is 8.03. The lowest BCUT2D eigenvalue weighted by atomic mass is 9.82. The van der Waals surface area contributed by atoms with E-state index in [9.17, 15) is 14.7 Å². The minimum Gasteiger partial charge on any atom is -0.496 e. The van der Waals surface area contributed by atoms with Gasteiger partial charge in [-0.2, -0.15) is 0 Å². The maximum absolute atomic E-state index is 12.1. The quantitative estimate of drug-likeness (QED) is 0.769. The minimum absolute atomic E-state index is 0.0901. The molecule has 0 bridgehead atoms. The van der Waals surface area contributed by atoms with Gasteiger partial charge in [0.05, 0.1) is 18.9 Å². The molecule has 0 aliphatic heterocycles. The molecular formula is C16H22ClNO4. The van der Waals surface area contributed by atoms with Crippen LogP contribution in [-0.2, 0) is 16.0 Å². The van der Waals surface area contributed by atoms with Gasteiger partial charge < -0.3 is 15.2 Å². The van der Waals surface area contributed by atoms with Gasteiger partial charge in [-0.3, -0.25) is 9.59 Å². The highest BCUT2D eigenvalue weighted by Gasteiger charge is 2.35. The fraction of sp³-hybridized carbons (Fsp3) is 0.500. The number of methoxy groups -OCH3 is 1. The summed E-state index contributed by atoms with van der Waals surface area (Å²) < 4.78 is 5.19. The Kier molecular flexibility index (Phi) is 6.68. The lowest BCUT2D eigenvalue weighted by Gasteiger charge is -2.26. The van der Waals surface area contributed by atoms with Crippen LogP contribution < -0.4 is 10.1 Å². The zero-order valence-corrected chi connectivity index (χ0v) is 13.9. The van der Waals surface area contributed by atoms with Gasteiger partial charge in [0.1, 0.15) is 5.75 Å². The monoisotopic (exact) mass is 327 g/mol. The Labute approximate surface area is 135 Å². The molecule has 0 saturated heterocycles. The zero-order valence-electron chi connectivity index (χ0n) is 13.1. The van der Waals surface area contributed by atoms with Crippen LogP contribution in [0.25, 0.3) is 0 Å². The van der Waals surface area contributed by atoms with Gasteiger partial charge in [0.25, 0.3) is 0 Å². The molecule has 6 heteroatoms. The van der Waals surface area contributed by atoms with Gasteiger partial charge in [-0.15, -0.1) is 0 Å². The maximum atomic E-state index is 12.1. The molecule has 1 rings (SSSR count). The lowest BCUT2D eigenvalue weighted by molar-refractivity contribution is -0.149. The number of benzene rings is 1. The summed E-state index contributed by atoms with van der Waals surface area (Å²) in [5, 5.41) is 12.6. The van der Waals surface area contributed by atoms with Crippen molar-refractivity contribution in [3.63, 3.8) is 0 Å². The number of carboxylic acids is 1. The Morgan fingerprint density at radius 2 is 1.95 bits per heavy atom. The fourth-order valence-corrected chi connectivity index (χ4v) is 2.46. The average molecular weight is 328 g/mol. The predicted molar refractivity (Wildman–Crippen MR) is 85.4 cm³/mol. The molecule has 1 aromatic rings. The first-order valence-electron chi connectivity index (χ1n) is 7.21. The molecule has 0 saturated carbocycles. The molecule has 0 aliphatic carbocycles. The highest BCUT2D eigenvalue weighted by atomic mass is 35.5. The molecule has 5 nitrogen and oxygen atoms in total. The molecule has 0 heterocycles. The van der Waals surface area contributed by atoms with Gasteiger partial charge in [-0.1, -0.05) is 25.4 Å². The largest absolute Gasteiger partial charge is 0.496 e. The van der Waals surface area contributed by atoms with Crippen molar-refractivity contribution >= 4 is 23.5 Å². The molecule has 0 aliphatic rings. The molecule has 0 unspecified atom stereocenters. The van der Waals surface area contributed by atoms with Crippen LogP contribution in [0.15, 0.2) is 18.2 Å². The number of carbonyl (C=O) groups excluding carboxylic acids is 1. The summed E-state index contributed by atoms with van der Waals surface area (Å²) in [6.45, 7) is 3.73. The third-order valence-electron chi connectivity index (χ3n) is 4.02. The Morgan fingerprint density at radius 3 is 2.45 bits per heavy atom. The van der Waals surface area contributed by atoms with E-state index in [-0.39, 0.29) is 18.9 Å². The molecule has 0 radical (unpaired) electrons. The molecule has 0 atom stereocenters. The number of aliphatic carboxylic acids is 1. The Bertz CT molecular complexity index is 541. The molecule has 0 aromatic heterocycles. The molecule has 0 fully saturated rings.